The molecule has 1 saturated carbocycles. The number of rotatable bonds is 6. The van der Waals surface area contributed by atoms with Crippen LogP contribution in [0.15, 0.2) is 60.7 Å². The van der Waals surface area contributed by atoms with Gasteiger partial charge in [0, 0.05) is 39.1 Å². The second-order valence-electron chi connectivity index (χ2n) is 9.66. The number of nitrogens with one attached hydrogen (secondary N) is 1. The molecule has 0 atom stereocenters. The van der Waals surface area contributed by atoms with Crippen molar-refractivity contribution >= 4 is 42.3 Å². The second kappa shape index (κ2) is 9.42. The largest absolute Gasteiger partial charge is 0.458 e. The molecule has 4 heteroatoms. The lowest BCUT2D eigenvalue weighted by Crippen LogP contribution is -2.38. The van der Waals surface area contributed by atoms with Crippen LogP contribution in [-0.4, -0.2) is 18.1 Å². The molecule has 0 spiro atoms. The molecule has 0 amide bonds. The van der Waals surface area contributed by atoms with Crippen LogP contribution in [0, 0.1) is 13.8 Å². The van der Waals surface area contributed by atoms with Crippen LogP contribution < -0.4 is 5.32 Å². The highest BCUT2D eigenvalue weighted by molar-refractivity contribution is 7.50. The summed E-state index contributed by atoms with van der Waals surface area (Å²) in [6, 6.07) is 22.1. The Labute approximate surface area is 205 Å². The average molecular weight is 473 g/mol. The summed E-state index contributed by atoms with van der Waals surface area (Å²) < 4.78 is 8.80. The van der Waals surface area contributed by atoms with Crippen LogP contribution in [0.4, 0.5) is 5.69 Å². The third-order valence-electron chi connectivity index (χ3n) is 7.39. The average Bonchev–Trinajstić information content (AvgIpc) is 3.18. The molecule has 5 rings (SSSR count). The van der Waals surface area contributed by atoms with E-state index in [0.29, 0.717) is 0 Å². The molecular formula is C30H34NO2S+. The third kappa shape index (κ3) is 4.20. The van der Waals surface area contributed by atoms with Crippen LogP contribution in [0.1, 0.15) is 56.6 Å². The first-order valence-electron chi connectivity index (χ1n) is 12.5. The van der Waals surface area contributed by atoms with Crippen molar-refractivity contribution in [1.82, 2.24) is 0 Å². The van der Waals surface area contributed by atoms with Crippen molar-refractivity contribution in [2.75, 3.05) is 11.9 Å². The van der Waals surface area contributed by atoms with E-state index in [2.05, 4.69) is 86.8 Å². The Balaban J connectivity index is 1.41. The maximum atomic E-state index is 12.7. The standard InChI is InChI=1S/C30H34NO2S/c1-4-30(16-10-5-11-17-30)33-28(32)20-31-29-21(2)18-23(19-22(29)3)34-26-14-8-6-12-24(26)25-13-7-9-15-27(25)34/h6-9,12-15,18-19,31H,4-5,10-11,16-17,20H2,1-3H3/q+1. The Morgan fingerprint density at radius 2 is 1.47 bits per heavy atom. The summed E-state index contributed by atoms with van der Waals surface area (Å²) in [7, 11) is -0.113. The summed E-state index contributed by atoms with van der Waals surface area (Å²) in [5.41, 5.74) is 3.12. The second-order valence-corrected chi connectivity index (χ2v) is 11.6. The predicted molar refractivity (Wildman–Crippen MR) is 145 cm³/mol. The molecule has 1 heterocycles. The molecule has 3 nitrogen and oxygen atoms in total. The van der Waals surface area contributed by atoms with Crippen molar-refractivity contribution in [2.24, 2.45) is 0 Å². The van der Waals surface area contributed by atoms with Crippen LogP contribution in [0.5, 0.6) is 0 Å². The summed E-state index contributed by atoms with van der Waals surface area (Å²) in [6.45, 7) is 6.62. The predicted octanol–water partition coefficient (Wildman–Crippen LogP) is 8.42. The molecule has 1 aromatic heterocycles. The zero-order valence-electron chi connectivity index (χ0n) is 20.4. The normalized spacial score (nSPS) is 15.5. The molecule has 3 aromatic carbocycles. The van der Waals surface area contributed by atoms with E-state index in [1.165, 1.54) is 42.6 Å². The minimum atomic E-state index is -0.255. The first-order valence-corrected chi connectivity index (χ1v) is 13.7. The van der Waals surface area contributed by atoms with E-state index >= 15 is 0 Å². The van der Waals surface area contributed by atoms with Gasteiger partial charge in [0.25, 0.3) is 0 Å². The number of ether oxygens (including phenoxy) is 1. The van der Waals surface area contributed by atoms with E-state index in [4.69, 9.17) is 4.74 Å². The fourth-order valence-electron chi connectivity index (χ4n) is 5.59. The van der Waals surface area contributed by atoms with E-state index in [9.17, 15) is 4.79 Å². The van der Waals surface area contributed by atoms with Gasteiger partial charge < -0.3 is 10.1 Å². The Morgan fingerprint density at radius 3 is 2.03 bits per heavy atom. The van der Waals surface area contributed by atoms with Crippen LogP contribution in [0.25, 0.3) is 25.1 Å². The maximum Gasteiger partial charge on any atom is 0.325 e. The van der Waals surface area contributed by atoms with Gasteiger partial charge in [-0.25, -0.2) is 0 Å². The topological polar surface area (TPSA) is 38.3 Å². The Bertz CT molecular complexity index is 1270. The molecule has 1 fully saturated rings. The summed E-state index contributed by atoms with van der Waals surface area (Å²) in [4.78, 5) is 14.1. The van der Waals surface area contributed by atoms with Crippen molar-refractivity contribution in [3.8, 4) is 4.90 Å². The molecule has 1 aliphatic rings. The smallest absolute Gasteiger partial charge is 0.325 e. The lowest BCUT2D eigenvalue weighted by molar-refractivity contribution is -0.161. The van der Waals surface area contributed by atoms with Gasteiger partial charge in [-0.15, -0.1) is 0 Å². The molecule has 0 unspecified atom stereocenters. The summed E-state index contributed by atoms with van der Waals surface area (Å²) >= 11 is 0. The summed E-state index contributed by atoms with van der Waals surface area (Å²) in [5.74, 6) is -0.146. The van der Waals surface area contributed by atoms with Crippen LogP contribution >= 0.6 is 10.5 Å². The van der Waals surface area contributed by atoms with Gasteiger partial charge in [0.2, 0.25) is 0 Å². The van der Waals surface area contributed by atoms with E-state index in [1.54, 1.807) is 0 Å². The lowest BCUT2D eigenvalue weighted by atomic mass is 9.83. The molecule has 1 aliphatic carbocycles. The lowest BCUT2D eigenvalue weighted by Gasteiger charge is -2.36. The molecule has 0 radical (unpaired) electrons. The van der Waals surface area contributed by atoms with Gasteiger partial charge in [-0.3, -0.25) is 4.79 Å². The highest BCUT2D eigenvalue weighted by Gasteiger charge is 2.34. The number of carbonyl (C=O) groups excluding carboxylic acids is 1. The number of fused-ring (bicyclic) bond motifs is 3. The molecule has 0 saturated heterocycles. The first kappa shape index (κ1) is 22.9. The first-order chi connectivity index (χ1) is 16.5. The third-order valence-corrected chi connectivity index (χ3v) is 9.69. The van der Waals surface area contributed by atoms with Crippen LogP contribution in [0.3, 0.4) is 0 Å². The van der Waals surface area contributed by atoms with E-state index in [-0.39, 0.29) is 28.6 Å². The van der Waals surface area contributed by atoms with Gasteiger partial charge in [0.1, 0.15) is 12.1 Å². The number of anilines is 1. The van der Waals surface area contributed by atoms with Gasteiger partial charge in [0.15, 0.2) is 14.3 Å². The number of esters is 1. The van der Waals surface area contributed by atoms with Crippen molar-refractivity contribution in [3.05, 3.63) is 71.8 Å². The van der Waals surface area contributed by atoms with Crippen molar-refractivity contribution in [2.45, 2.75) is 64.9 Å². The van der Waals surface area contributed by atoms with E-state index < -0.39 is 0 Å². The van der Waals surface area contributed by atoms with Crippen molar-refractivity contribution in [3.63, 3.8) is 0 Å². The van der Waals surface area contributed by atoms with Crippen molar-refractivity contribution < 1.29 is 9.53 Å². The monoisotopic (exact) mass is 472 g/mol. The van der Waals surface area contributed by atoms with Gasteiger partial charge in [-0.1, -0.05) is 37.6 Å². The van der Waals surface area contributed by atoms with Crippen molar-refractivity contribution in [1.29, 1.82) is 0 Å². The van der Waals surface area contributed by atoms with Crippen LogP contribution in [-0.2, 0) is 9.53 Å². The summed E-state index contributed by atoms with van der Waals surface area (Å²) in [6.07, 6.45) is 6.45. The number of hydrogen-bond acceptors (Lipinski definition) is 3. The zero-order chi connectivity index (χ0) is 23.7. The zero-order valence-corrected chi connectivity index (χ0v) is 21.3. The SMILES string of the molecule is CCC1(OC(=O)CNc2c(C)cc(-[s+]3c4ccccc4c4ccccc43)cc2C)CCCCC1. The maximum absolute atomic E-state index is 12.7. The molecule has 4 aromatic rings. The highest BCUT2D eigenvalue weighted by Crippen LogP contribution is 2.49. The fraction of sp³-hybridized carbons (Fsp3) is 0.367. The number of benzene rings is 3. The van der Waals surface area contributed by atoms with E-state index in [0.717, 1.165) is 37.8 Å². The number of aryl methyl sites for hydroxylation is 2. The molecule has 176 valence electrons. The molecular weight excluding hydrogens is 438 g/mol. The highest BCUT2D eigenvalue weighted by atomic mass is 32.2. The van der Waals surface area contributed by atoms with Gasteiger partial charge in [-0.2, -0.15) is 0 Å². The minimum absolute atomic E-state index is 0.113. The number of carbonyl (C=O) groups is 1. The molecule has 34 heavy (non-hydrogen) atoms. The number of hydrogen-bond donors (Lipinski definition) is 1. The molecule has 0 bridgehead atoms. The quantitative estimate of drug-likeness (QED) is 0.226. The minimum Gasteiger partial charge on any atom is -0.458 e. The Kier molecular flexibility index (Phi) is 6.35. The fourth-order valence-corrected chi connectivity index (χ4v) is 8.15. The van der Waals surface area contributed by atoms with Gasteiger partial charge in [0.05, 0.1) is 0 Å². The Morgan fingerprint density at radius 1 is 0.912 bits per heavy atom. The molecule has 1 N–H and O–H groups in total. The summed E-state index contributed by atoms with van der Waals surface area (Å²) in [5, 5.41) is 6.08. The van der Waals surface area contributed by atoms with Crippen LogP contribution in [0.2, 0.25) is 0 Å². The van der Waals surface area contributed by atoms with E-state index in [1.807, 2.05) is 0 Å². The number of thiophene rings is 1. The molecule has 0 aliphatic heterocycles. The van der Waals surface area contributed by atoms with Gasteiger partial charge >= 0.3 is 5.97 Å². The van der Waals surface area contributed by atoms with Gasteiger partial charge in [-0.05, 0) is 81.3 Å². The Hall–Kier alpha value is -2.85.